The van der Waals surface area contributed by atoms with Gasteiger partial charge >= 0.3 is 0 Å². The zero-order valence-electron chi connectivity index (χ0n) is 14.7. The summed E-state index contributed by atoms with van der Waals surface area (Å²) in [6.07, 6.45) is 3.22. The molecule has 0 aliphatic rings. The number of anilines is 1. The van der Waals surface area contributed by atoms with Gasteiger partial charge in [0, 0.05) is 19.0 Å². The molecule has 26 heavy (non-hydrogen) atoms. The first-order valence-corrected chi connectivity index (χ1v) is 8.20. The number of carbonyl (C=O) groups excluding carboxylic acids is 1. The number of pyridine rings is 1. The zero-order chi connectivity index (χ0) is 18.5. The second kappa shape index (κ2) is 7.79. The Kier molecular flexibility index (Phi) is 5.28. The Labute approximate surface area is 150 Å². The molecule has 0 unspecified atom stereocenters. The van der Waals surface area contributed by atoms with E-state index < -0.39 is 11.5 Å². The lowest BCUT2D eigenvalue weighted by Crippen LogP contribution is -2.23. The fraction of sp³-hybridized carbons (Fsp3) is 0.211. The van der Waals surface area contributed by atoms with E-state index in [9.17, 15) is 9.59 Å². The van der Waals surface area contributed by atoms with Gasteiger partial charge in [0.25, 0.3) is 11.5 Å². The molecule has 0 aliphatic heterocycles. The number of hydrogen-bond donors (Lipinski definition) is 2. The van der Waals surface area contributed by atoms with E-state index in [1.165, 1.54) is 12.3 Å². The van der Waals surface area contributed by atoms with Gasteiger partial charge in [-0.2, -0.15) is 5.10 Å². The summed E-state index contributed by atoms with van der Waals surface area (Å²) < 4.78 is 6.64. The van der Waals surface area contributed by atoms with Gasteiger partial charge in [0.2, 0.25) is 0 Å². The molecule has 1 amide bonds. The van der Waals surface area contributed by atoms with Crippen molar-refractivity contribution in [3.05, 3.63) is 70.3 Å². The van der Waals surface area contributed by atoms with Crippen LogP contribution in [0.25, 0.3) is 11.3 Å². The molecule has 1 aromatic carbocycles. The van der Waals surface area contributed by atoms with Gasteiger partial charge in [0.1, 0.15) is 5.56 Å². The number of hydrogen-bond acceptors (Lipinski definition) is 4. The number of rotatable bonds is 6. The second-order valence-electron chi connectivity index (χ2n) is 5.92. The summed E-state index contributed by atoms with van der Waals surface area (Å²) in [7, 11) is 1.61. The third-order valence-corrected chi connectivity index (χ3v) is 3.90. The minimum atomic E-state index is -0.478. The van der Waals surface area contributed by atoms with Gasteiger partial charge in [-0.05, 0) is 30.7 Å². The lowest BCUT2D eigenvalue weighted by atomic mass is 10.1. The van der Waals surface area contributed by atoms with Gasteiger partial charge in [0.15, 0.2) is 0 Å². The monoisotopic (exact) mass is 352 g/mol. The van der Waals surface area contributed by atoms with Crippen LogP contribution in [-0.2, 0) is 11.3 Å². The number of aromatic nitrogens is 3. The van der Waals surface area contributed by atoms with Crippen molar-refractivity contribution in [3.8, 4) is 11.3 Å². The fourth-order valence-electron chi connectivity index (χ4n) is 2.57. The summed E-state index contributed by atoms with van der Waals surface area (Å²) in [4.78, 5) is 27.5. The molecule has 0 saturated heterocycles. The minimum Gasteiger partial charge on any atom is -0.383 e. The maximum Gasteiger partial charge on any atom is 0.261 e. The van der Waals surface area contributed by atoms with Crippen LogP contribution in [0.4, 0.5) is 5.69 Å². The van der Waals surface area contributed by atoms with Crippen molar-refractivity contribution >= 4 is 11.6 Å². The molecule has 2 aromatic heterocycles. The van der Waals surface area contributed by atoms with Gasteiger partial charge in [-0.25, -0.2) is 0 Å². The maximum atomic E-state index is 12.4. The first-order chi connectivity index (χ1) is 12.6. The summed E-state index contributed by atoms with van der Waals surface area (Å²) in [5.41, 5.74) is 2.79. The summed E-state index contributed by atoms with van der Waals surface area (Å²) in [5.74, 6) is -0.478. The van der Waals surface area contributed by atoms with Crippen molar-refractivity contribution in [2.24, 2.45) is 0 Å². The van der Waals surface area contributed by atoms with E-state index >= 15 is 0 Å². The standard InChI is InChI=1S/C19H20N4O3/c1-13-4-3-5-14(10-13)17-7-6-16(19(25)22-17)18(24)21-15-11-20-23(12-15)8-9-26-2/h3-7,10-12H,8-9H2,1-2H3,(H,21,24)(H,22,25). The molecule has 3 aromatic rings. The molecule has 0 aliphatic carbocycles. The number of benzene rings is 1. The second-order valence-corrected chi connectivity index (χ2v) is 5.92. The molecule has 0 bridgehead atoms. The fourth-order valence-corrected chi connectivity index (χ4v) is 2.57. The quantitative estimate of drug-likeness (QED) is 0.713. The topological polar surface area (TPSA) is 89.0 Å². The summed E-state index contributed by atoms with van der Waals surface area (Å²) in [6.45, 7) is 3.09. The largest absolute Gasteiger partial charge is 0.383 e. The zero-order valence-corrected chi connectivity index (χ0v) is 14.7. The van der Waals surface area contributed by atoms with Crippen LogP contribution in [-0.4, -0.2) is 34.4 Å². The highest BCUT2D eigenvalue weighted by Crippen LogP contribution is 2.17. The van der Waals surface area contributed by atoms with Gasteiger partial charge in [-0.3, -0.25) is 14.3 Å². The number of nitrogens with zero attached hydrogens (tertiary/aromatic N) is 2. The number of methoxy groups -OCH3 is 1. The van der Waals surface area contributed by atoms with Crippen molar-refractivity contribution in [3.63, 3.8) is 0 Å². The van der Waals surface area contributed by atoms with E-state index in [-0.39, 0.29) is 5.56 Å². The highest BCUT2D eigenvalue weighted by Gasteiger charge is 2.13. The van der Waals surface area contributed by atoms with Crippen LogP contribution in [0.1, 0.15) is 15.9 Å². The molecule has 0 fully saturated rings. The van der Waals surface area contributed by atoms with Crippen LogP contribution in [0.2, 0.25) is 0 Å². The molecule has 7 nitrogen and oxygen atoms in total. The first-order valence-electron chi connectivity index (χ1n) is 8.20. The number of aromatic amines is 1. The van der Waals surface area contributed by atoms with Crippen LogP contribution in [0.5, 0.6) is 0 Å². The molecule has 7 heteroatoms. The van der Waals surface area contributed by atoms with Crippen LogP contribution in [0, 0.1) is 6.92 Å². The lowest BCUT2D eigenvalue weighted by Gasteiger charge is -2.05. The van der Waals surface area contributed by atoms with Crippen LogP contribution in [0.3, 0.4) is 0 Å². The van der Waals surface area contributed by atoms with E-state index in [0.717, 1.165) is 11.1 Å². The number of nitrogens with one attached hydrogen (secondary N) is 2. The molecule has 2 heterocycles. The lowest BCUT2D eigenvalue weighted by molar-refractivity contribution is 0.102. The molecule has 3 rings (SSSR count). The Morgan fingerprint density at radius 3 is 2.88 bits per heavy atom. The Balaban J connectivity index is 1.76. The number of amides is 1. The molecule has 0 radical (unpaired) electrons. The minimum absolute atomic E-state index is 0.0473. The number of H-pyrrole nitrogens is 1. The SMILES string of the molecule is COCCn1cc(NC(=O)c2ccc(-c3cccc(C)c3)[nH]c2=O)cn1. The average molecular weight is 352 g/mol. The molecule has 2 N–H and O–H groups in total. The summed E-state index contributed by atoms with van der Waals surface area (Å²) >= 11 is 0. The number of ether oxygens (including phenoxy) is 1. The van der Waals surface area contributed by atoms with E-state index in [1.807, 2.05) is 31.2 Å². The van der Waals surface area contributed by atoms with E-state index in [1.54, 1.807) is 24.1 Å². The number of carbonyl (C=O) groups is 1. The van der Waals surface area contributed by atoms with Crippen molar-refractivity contribution in [1.82, 2.24) is 14.8 Å². The van der Waals surface area contributed by atoms with E-state index in [0.29, 0.717) is 24.5 Å². The van der Waals surface area contributed by atoms with E-state index in [2.05, 4.69) is 15.4 Å². The van der Waals surface area contributed by atoms with Gasteiger partial charge < -0.3 is 15.0 Å². The van der Waals surface area contributed by atoms with Crippen molar-refractivity contribution in [2.45, 2.75) is 13.5 Å². The number of aryl methyl sites for hydroxylation is 1. The van der Waals surface area contributed by atoms with Crippen molar-refractivity contribution in [2.75, 3.05) is 19.0 Å². The third kappa shape index (κ3) is 4.07. The Bertz CT molecular complexity index is 975. The Hall–Kier alpha value is -3.19. The Morgan fingerprint density at radius 1 is 1.31 bits per heavy atom. The molecular formula is C19H20N4O3. The van der Waals surface area contributed by atoms with Crippen LogP contribution in [0.15, 0.2) is 53.6 Å². The average Bonchev–Trinajstić information content (AvgIpc) is 3.07. The summed E-state index contributed by atoms with van der Waals surface area (Å²) in [6, 6.07) is 11.0. The molecule has 0 saturated carbocycles. The molecule has 0 atom stereocenters. The predicted molar refractivity (Wildman–Crippen MR) is 99.3 cm³/mol. The first kappa shape index (κ1) is 17.6. The third-order valence-electron chi connectivity index (χ3n) is 3.90. The van der Waals surface area contributed by atoms with E-state index in [4.69, 9.17) is 4.74 Å². The van der Waals surface area contributed by atoms with Gasteiger partial charge in [-0.1, -0.05) is 23.8 Å². The molecule has 134 valence electrons. The normalized spacial score (nSPS) is 10.7. The Morgan fingerprint density at radius 2 is 2.15 bits per heavy atom. The summed E-state index contributed by atoms with van der Waals surface area (Å²) in [5, 5.41) is 6.80. The van der Waals surface area contributed by atoms with Gasteiger partial charge in [-0.15, -0.1) is 0 Å². The molecular weight excluding hydrogens is 332 g/mol. The van der Waals surface area contributed by atoms with Gasteiger partial charge in [0.05, 0.1) is 25.0 Å². The smallest absolute Gasteiger partial charge is 0.261 e. The van der Waals surface area contributed by atoms with Crippen LogP contribution >= 0.6 is 0 Å². The molecule has 0 spiro atoms. The highest BCUT2D eigenvalue weighted by atomic mass is 16.5. The van der Waals surface area contributed by atoms with Crippen molar-refractivity contribution < 1.29 is 9.53 Å². The van der Waals surface area contributed by atoms with Crippen molar-refractivity contribution in [1.29, 1.82) is 0 Å². The highest BCUT2D eigenvalue weighted by molar-refractivity contribution is 6.04. The maximum absolute atomic E-state index is 12.4. The predicted octanol–water partition coefficient (Wildman–Crippen LogP) is 2.45. The van der Waals surface area contributed by atoms with Crippen LogP contribution < -0.4 is 10.9 Å².